The molecular weight excluding hydrogens is 371 g/mol. The number of halogens is 3. The Labute approximate surface area is 160 Å². The van der Waals surface area contributed by atoms with Gasteiger partial charge in [0.2, 0.25) is 0 Å². The summed E-state index contributed by atoms with van der Waals surface area (Å²) >= 11 is 0. The van der Waals surface area contributed by atoms with Gasteiger partial charge in [-0.25, -0.2) is 4.98 Å². The summed E-state index contributed by atoms with van der Waals surface area (Å²) in [5.74, 6) is 1.52. The van der Waals surface area contributed by atoms with Gasteiger partial charge in [-0.1, -0.05) is 13.8 Å². The molecule has 0 N–H and O–H groups in total. The Morgan fingerprint density at radius 2 is 2.04 bits per heavy atom. The van der Waals surface area contributed by atoms with E-state index in [4.69, 9.17) is 4.42 Å². The van der Waals surface area contributed by atoms with Gasteiger partial charge in [0, 0.05) is 24.7 Å². The summed E-state index contributed by atoms with van der Waals surface area (Å²) in [6.07, 6.45) is -2.05. The fraction of sp³-hybridized carbons (Fsp3) is 0.526. The molecule has 9 heteroatoms. The van der Waals surface area contributed by atoms with Crippen LogP contribution in [0.3, 0.4) is 0 Å². The third kappa shape index (κ3) is 3.33. The molecule has 0 bridgehead atoms. The highest BCUT2D eigenvalue weighted by Crippen LogP contribution is 2.38. The third-order valence-electron chi connectivity index (χ3n) is 5.19. The monoisotopic (exact) mass is 393 g/mol. The Bertz CT molecular complexity index is 993. The lowest BCUT2D eigenvalue weighted by atomic mass is 9.91. The van der Waals surface area contributed by atoms with E-state index in [-0.39, 0.29) is 11.8 Å². The molecule has 0 spiro atoms. The summed E-state index contributed by atoms with van der Waals surface area (Å²) in [6, 6.07) is 5.60. The van der Waals surface area contributed by atoms with E-state index in [2.05, 4.69) is 26.9 Å². The van der Waals surface area contributed by atoms with Gasteiger partial charge >= 0.3 is 6.18 Å². The number of hydrogen-bond acceptors (Lipinski definition) is 5. The van der Waals surface area contributed by atoms with Gasteiger partial charge < -0.3 is 9.32 Å². The van der Waals surface area contributed by atoms with Crippen LogP contribution in [0.4, 0.5) is 19.0 Å². The number of furan rings is 1. The average molecular weight is 393 g/mol. The molecule has 4 rings (SSSR count). The van der Waals surface area contributed by atoms with Gasteiger partial charge in [0.25, 0.3) is 11.6 Å². The van der Waals surface area contributed by atoms with Gasteiger partial charge in [0.15, 0.2) is 0 Å². The smallest absolute Gasteiger partial charge is 0.453 e. The van der Waals surface area contributed by atoms with Crippen LogP contribution in [-0.4, -0.2) is 26.1 Å². The first-order valence-electron chi connectivity index (χ1n) is 9.43. The molecule has 0 aliphatic carbocycles. The van der Waals surface area contributed by atoms with Crippen molar-refractivity contribution < 1.29 is 17.6 Å². The second-order valence-corrected chi connectivity index (χ2v) is 7.40. The van der Waals surface area contributed by atoms with Crippen molar-refractivity contribution in [1.82, 2.24) is 19.6 Å². The van der Waals surface area contributed by atoms with E-state index in [0.717, 1.165) is 30.8 Å². The Morgan fingerprint density at radius 3 is 2.71 bits per heavy atom. The topological polar surface area (TPSA) is 59.5 Å². The van der Waals surface area contributed by atoms with E-state index in [0.29, 0.717) is 24.0 Å². The number of aryl methyl sites for hydroxylation is 2. The number of aromatic nitrogens is 4. The predicted octanol–water partition coefficient (Wildman–Crippen LogP) is 4.58. The zero-order valence-electron chi connectivity index (χ0n) is 16.0. The van der Waals surface area contributed by atoms with Gasteiger partial charge in [-0.2, -0.15) is 22.7 Å². The molecule has 0 radical (unpaired) electrons. The predicted molar refractivity (Wildman–Crippen MR) is 97.1 cm³/mol. The second kappa shape index (κ2) is 6.79. The van der Waals surface area contributed by atoms with E-state index < -0.39 is 12.0 Å². The normalized spacial score (nSPS) is 20.9. The minimum Gasteiger partial charge on any atom is -0.464 e. The molecule has 3 aromatic heterocycles. The lowest BCUT2D eigenvalue weighted by Gasteiger charge is -2.38. The van der Waals surface area contributed by atoms with E-state index in [1.165, 1.54) is 4.52 Å². The molecule has 2 atom stereocenters. The zero-order valence-corrected chi connectivity index (χ0v) is 16.0. The van der Waals surface area contributed by atoms with Crippen molar-refractivity contribution in [2.45, 2.75) is 52.3 Å². The average Bonchev–Trinajstić information content (AvgIpc) is 3.27. The maximum atomic E-state index is 13.1. The molecule has 1 saturated heterocycles. The van der Waals surface area contributed by atoms with Gasteiger partial charge in [-0.15, -0.1) is 5.10 Å². The zero-order chi connectivity index (χ0) is 20.1. The summed E-state index contributed by atoms with van der Waals surface area (Å²) in [4.78, 5) is 9.80. The van der Waals surface area contributed by atoms with E-state index in [9.17, 15) is 13.2 Å². The van der Waals surface area contributed by atoms with E-state index >= 15 is 0 Å². The maximum absolute atomic E-state index is 13.1. The highest BCUT2D eigenvalue weighted by atomic mass is 19.4. The molecule has 150 valence electrons. The number of piperidine rings is 1. The van der Waals surface area contributed by atoms with E-state index in [1.807, 2.05) is 19.1 Å². The molecule has 6 nitrogen and oxygen atoms in total. The molecule has 28 heavy (non-hydrogen) atoms. The molecule has 1 aliphatic rings. The van der Waals surface area contributed by atoms with Crippen LogP contribution in [-0.2, 0) is 12.6 Å². The van der Waals surface area contributed by atoms with Crippen LogP contribution >= 0.6 is 0 Å². The summed E-state index contributed by atoms with van der Waals surface area (Å²) in [5.41, 5.74) is 0.592. The quantitative estimate of drug-likeness (QED) is 0.652. The lowest BCUT2D eigenvalue weighted by molar-refractivity contribution is -0.144. The first-order valence-corrected chi connectivity index (χ1v) is 9.43. The van der Waals surface area contributed by atoms with Crippen molar-refractivity contribution in [3.63, 3.8) is 0 Å². The molecule has 0 amide bonds. The van der Waals surface area contributed by atoms with Crippen LogP contribution in [0.1, 0.15) is 55.8 Å². The van der Waals surface area contributed by atoms with Gasteiger partial charge in [-0.3, -0.25) is 0 Å². The van der Waals surface area contributed by atoms with Gasteiger partial charge in [-0.05, 0) is 37.8 Å². The Kier molecular flexibility index (Phi) is 4.55. The lowest BCUT2D eigenvalue weighted by Crippen LogP contribution is -2.37. The Morgan fingerprint density at radius 1 is 1.25 bits per heavy atom. The van der Waals surface area contributed by atoms with Crippen molar-refractivity contribution in [1.29, 1.82) is 0 Å². The largest absolute Gasteiger partial charge is 0.464 e. The minimum absolute atomic E-state index is 0.0478. The van der Waals surface area contributed by atoms with Gasteiger partial charge in [0.05, 0.1) is 6.04 Å². The van der Waals surface area contributed by atoms with Gasteiger partial charge in [0.1, 0.15) is 17.3 Å². The number of hydrogen-bond donors (Lipinski definition) is 0. The third-order valence-corrected chi connectivity index (χ3v) is 5.19. The van der Waals surface area contributed by atoms with Crippen molar-refractivity contribution in [3.05, 3.63) is 41.2 Å². The number of rotatable bonds is 3. The molecular formula is C19H22F3N5O. The van der Waals surface area contributed by atoms with E-state index in [1.54, 1.807) is 13.0 Å². The summed E-state index contributed by atoms with van der Waals surface area (Å²) in [7, 11) is 0. The second-order valence-electron chi connectivity index (χ2n) is 7.40. The van der Waals surface area contributed by atoms with Crippen LogP contribution < -0.4 is 4.90 Å². The maximum Gasteiger partial charge on any atom is 0.453 e. The summed E-state index contributed by atoms with van der Waals surface area (Å²) in [6.45, 7) is 6.63. The molecule has 1 aliphatic heterocycles. The fourth-order valence-corrected chi connectivity index (χ4v) is 3.74. The summed E-state index contributed by atoms with van der Waals surface area (Å²) in [5, 5.41) is 3.71. The van der Waals surface area contributed by atoms with Crippen molar-refractivity contribution >= 4 is 11.6 Å². The molecule has 3 aromatic rings. The van der Waals surface area contributed by atoms with Crippen LogP contribution in [0.25, 0.3) is 5.78 Å². The number of alkyl halides is 3. The highest BCUT2D eigenvalue weighted by molar-refractivity contribution is 5.50. The number of nitrogens with zero attached hydrogens (tertiary/aromatic N) is 5. The van der Waals surface area contributed by atoms with Crippen molar-refractivity contribution in [2.24, 2.45) is 5.92 Å². The summed E-state index contributed by atoms with van der Waals surface area (Å²) < 4.78 is 46.6. The fourth-order valence-electron chi connectivity index (χ4n) is 3.74. The van der Waals surface area contributed by atoms with Crippen LogP contribution in [0, 0.1) is 12.8 Å². The Hall–Kier alpha value is -2.58. The van der Waals surface area contributed by atoms with Crippen LogP contribution in [0.2, 0.25) is 0 Å². The first-order chi connectivity index (χ1) is 13.3. The SMILES string of the molecule is CCc1ccc(C2CC(C)CCN2c2cc(C)nc3nc(C(F)(F)F)nn23)o1. The minimum atomic E-state index is -4.62. The molecule has 0 saturated carbocycles. The van der Waals surface area contributed by atoms with Crippen molar-refractivity contribution in [2.75, 3.05) is 11.4 Å². The molecule has 2 unspecified atom stereocenters. The number of anilines is 1. The highest BCUT2D eigenvalue weighted by Gasteiger charge is 2.38. The number of fused-ring (bicyclic) bond motifs is 1. The standard InChI is InChI=1S/C19H22F3N5O/c1-4-13-5-6-15(28-13)14-9-11(2)7-8-26(14)16-10-12(3)23-18-24-17(19(20,21)22)25-27(16)18/h5-6,10-11,14H,4,7-9H2,1-3H3. The van der Waals surface area contributed by atoms with Crippen LogP contribution in [0.15, 0.2) is 22.6 Å². The Balaban J connectivity index is 1.82. The molecule has 1 fully saturated rings. The van der Waals surface area contributed by atoms with Crippen molar-refractivity contribution in [3.8, 4) is 0 Å². The molecule has 0 aromatic carbocycles. The first kappa shape index (κ1) is 18.8. The molecule has 4 heterocycles. The van der Waals surface area contributed by atoms with Crippen LogP contribution in [0.5, 0.6) is 0 Å².